The van der Waals surface area contributed by atoms with Crippen molar-refractivity contribution in [1.82, 2.24) is 15.1 Å². The van der Waals surface area contributed by atoms with E-state index >= 15 is 0 Å². The summed E-state index contributed by atoms with van der Waals surface area (Å²) in [6.45, 7) is 7.64. The Morgan fingerprint density at radius 3 is 2.40 bits per heavy atom. The Morgan fingerprint density at radius 2 is 1.80 bits per heavy atom. The van der Waals surface area contributed by atoms with Crippen molar-refractivity contribution in [2.24, 2.45) is 5.92 Å². The van der Waals surface area contributed by atoms with E-state index in [1.165, 1.54) is 19.6 Å². The molecule has 0 unspecified atom stereocenters. The van der Waals surface area contributed by atoms with Crippen molar-refractivity contribution in [2.45, 2.75) is 12.8 Å². The van der Waals surface area contributed by atoms with E-state index < -0.39 is 0 Å². The van der Waals surface area contributed by atoms with Crippen LogP contribution in [0.4, 0.5) is 0 Å². The topological polar surface area (TPSA) is 35.6 Å². The minimum atomic E-state index is 0.785. The van der Waals surface area contributed by atoms with Gasteiger partial charge in [-0.05, 0) is 18.8 Å². The Morgan fingerprint density at radius 1 is 1.13 bits per heavy atom. The Balaban J connectivity index is 1.69. The van der Waals surface area contributed by atoms with Crippen LogP contribution in [0.1, 0.15) is 12.8 Å². The summed E-state index contributed by atoms with van der Waals surface area (Å²) in [5.74, 6) is 0.785. The van der Waals surface area contributed by atoms with Crippen molar-refractivity contribution >= 4 is 6.41 Å². The van der Waals surface area contributed by atoms with Crippen LogP contribution in [0.15, 0.2) is 0 Å². The molecule has 0 saturated carbocycles. The van der Waals surface area contributed by atoms with Crippen LogP contribution in [-0.2, 0) is 4.79 Å². The summed E-state index contributed by atoms with van der Waals surface area (Å²) < 4.78 is 0. The molecule has 4 nitrogen and oxygen atoms in total. The van der Waals surface area contributed by atoms with Gasteiger partial charge in [-0.25, -0.2) is 0 Å². The number of piperidine rings is 1. The van der Waals surface area contributed by atoms with Gasteiger partial charge in [0.2, 0.25) is 0 Å². The van der Waals surface area contributed by atoms with Crippen molar-refractivity contribution < 1.29 is 4.79 Å². The largest absolute Gasteiger partial charge is 0.334 e. The maximum atomic E-state index is 10.4. The zero-order valence-corrected chi connectivity index (χ0v) is 9.24. The van der Waals surface area contributed by atoms with Gasteiger partial charge in [-0.3, -0.25) is 4.79 Å². The van der Waals surface area contributed by atoms with Gasteiger partial charge in [-0.1, -0.05) is 0 Å². The van der Waals surface area contributed by atoms with Gasteiger partial charge >= 0.3 is 6.41 Å². The van der Waals surface area contributed by atoms with E-state index in [1.54, 1.807) is 4.90 Å². The van der Waals surface area contributed by atoms with E-state index in [1.807, 2.05) is 6.41 Å². The first-order chi connectivity index (χ1) is 7.38. The predicted octanol–water partition coefficient (Wildman–Crippen LogP) is -0.329. The summed E-state index contributed by atoms with van der Waals surface area (Å²) in [5.41, 5.74) is 0. The van der Waals surface area contributed by atoms with E-state index in [9.17, 15) is 4.79 Å². The second-order valence-corrected chi connectivity index (χ2v) is 4.57. The molecule has 0 aliphatic carbocycles. The highest BCUT2D eigenvalue weighted by Crippen LogP contribution is 2.17. The van der Waals surface area contributed by atoms with Crippen LogP contribution in [0, 0.1) is 5.92 Å². The normalized spacial score (nSPS) is 25.5. The minimum absolute atomic E-state index is 0.785. The number of rotatable bonds is 3. The third-order valence-electron chi connectivity index (χ3n) is 3.47. The zero-order chi connectivity index (χ0) is 10.5. The Kier molecular flexibility index (Phi) is 3.97. The molecule has 2 saturated heterocycles. The third-order valence-corrected chi connectivity index (χ3v) is 3.47. The first-order valence-corrected chi connectivity index (χ1v) is 5.94. The molecular formula is C11H20N3O. The molecule has 2 aliphatic heterocycles. The highest BCUT2D eigenvalue weighted by molar-refractivity contribution is 5.48. The van der Waals surface area contributed by atoms with Gasteiger partial charge in [0, 0.05) is 45.8 Å². The molecule has 1 radical (unpaired) electrons. The van der Waals surface area contributed by atoms with Crippen LogP contribution in [0.3, 0.4) is 0 Å². The van der Waals surface area contributed by atoms with Gasteiger partial charge in [0.15, 0.2) is 0 Å². The Bertz CT molecular complexity index is 196. The average Bonchev–Trinajstić information content (AvgIpc) is 2.31. The Labute approximate surface area is 91.6 Å². The van der Waals surface area contributed by atoms with Gasteiger partial charge in [0.1, 0.15) is 0 Å². The summed E-state index contributed by atoms with van der Waals surface area (Å²) in [6, 6.07) is 0. The molecule has 85 valence electrons. The lowest BCUT2D eigenvalue weighted by atomic mass is 9.96. The molecule has 4 heteroatoms. The van der Waals surface area contributed by atoms with Crippen molar-refractivity contribution in [2.75, 3.05) is 45.8 Å². The first-order valence-electron chi connectivity index (χ1n) is 5.94. The van der Waals surface area contributed by atoms with E-state index in [0.717, 1.165) is 44.9 Å². The number of nitrogens with zero attached hydrogens (tertiary/aromatic N) is 2. The quantitative estimate of drug-likeness (QED) is 0.693. The summed E-state index contributed by atoms with van der Waals surface area (Å²) >= 11 is 0. The van der Waals surface area contributed by atoms with Crippen LogP contribution < -0.4 is 5.32 Å². The molecule has 2 aliphatic rings. The number of hydrogen-bond donors (Lipinski definition) is 1. The molecule has 0 aromatic heterocycles. The molecule has 2 rings (SSSR count). The third kappa shape index (κ3) is 3.18. The lowest BCUT2D eigenvalue weighted by Gasteiger charge is -2.34. The summed E-state index contributed by atoms with van der Waals surface area (Å²) in [4.78, 5) is 14.8. The number of hydrogen-bond acceptors (Lipinski definition) is 3. The van der Waals surface area contributed by atoms with Gasteiger partial charge in [0.05, 0.1) is 0 Å². The lowest BCUT2D eigenvalue weighted by Crippen LogP contribution is -2.46. The molecule has 1 N–H and O–H groups in total. The van der Waals surface area contributed by atoms with Crippen molar-refractivity contribution in [3.05, 3.63) is 0 Å². The molecular weight excluding hydrogens is 190 g/mol. The van der Waals surface area contributed by atoms with Crippen molar-refractivity contribution in [3.8, 4) is 0 Å². The molecule has 0 bridgehead atoms. The van der Waals surface area contributed by atoms with Gasteiger partial charge in [-0.2, -0.15) is 0 Å². The molecule has 2 fully saturated rings. The van der Waals surface area contributed by atoms with Gasteiger partial charge in [0.25, 0.3) is 0 Å². The van der Waals surface area contributed by atoms with E-state index in [2.05, 4.69) is 10.2 Å². The Hall–Kier alpha value is -0.610. The fourth-order valence-corrected chi connectivity index (χ4v) is 2.47. The van der Waals surface area contributed by atoms with Gasteiger partial charge < -0.3 is 15.1 Å². The minimum Gasteiger partial charge on any atom is -0.334 e. The van der Waals surface area contributed by atoms with E-state index in [4.69, 9.17) is 0 Å². The van der Waals surface area contributed by atoms with E-state index in [0.29, 0.717) is 0 Å². The maximum absolute atomic E-state index is 10.4. The second kappa shape index (κ2) is 5.47. The predicted molar refractivity (Wildman–Crippen MR) is 59.3 cm³/mol. The highest BCUT2D eigenvalue weighted by Gasteiger charge is 2.21. The summed E-state index contributed by atoms with van der Waals surface area (Å²) in [5, 5.41) is 3.37. The fourth-order valence-electron chi connectivity index (χ4n) is 2.47. The van der Waals surface area contributed by atoms with Crippen LogP contribution in [0.5, 0.6) is 0 Å². The maximum Gasteiger partial charge on any atom is 0.312 e. The molecule has 1 amide bonds. The molecule has 0 atom stereocenters. The molecule has 0 aromatic carbocycles. The number of amides is 1. The van der Waals surface area contributed by atoms with Crippen LogP contribution in [0.25, 0.3) is 0 Å². The number of nitrogens with one attached hydrogen (secondary N) is 1. The van der Waals surface area contributed by atoms with Crippen LogP contribution >= 0.6 is 0 Å². The molecule has 2 heterocycles. The zero-order valence-electron chi connectivity index (χ0n) is 9.24. The summed E-state index contributed by atoms with van der Waals surface area (Å²) in [6.07, 6.45) is 4.29. The van der Waals surface area contributed by atoms with Crippen LogP contribution in [-0.4, -0.2) is 62.0 Å². The number of carbonyl (C=O) groups excluding carboxylic acids is 1. The fraction of sp³-hybridized carbons (Fsp3) is 0.909. The number of likely N-dealkylation sites (tertiary alicyclic amines) is 1. The number of piperazine rings is 1. The molecule has 15 heavy (non-hydrogen) atoms. The van der Waals surface area contributed by atoms with Crippen LogP contribution in [0.2, 0.25) is 0 Å². The highest BCUT2D eigenvalue weighted by atomic mass is 16.1. The second-order valence-electron chi connectivity index (χ2n) is 4.57. The lowest BCUT2D eigenvalue weighted by molar-refractivity contribution is 0.163. The molecule has 0 spiro atoms. The monoisotopic (exact) mass is 210 g/mol. The van der Waals surface area contributed by atoms with Crippen molar-refractivity contribution in [1.29, 1.82) is 0 Å². The first kappa shape index (κ1) is 10.9. The average molecular weight is 210 g/mol. The SMILES string of the molecule is O=[C]N1CCC(CN2CCNCC2)CC1. The molecule has 0 aromatic rings. The standard InChI is InChI=1S/C11H20N3O/c15-10-14-5-1-11(2-6-14)9-13-7-3-12-4-8-13/h11-12H,1-9H2. The smallest absolute Gasteiger partial charge is 0.312 e. The van der Waals surface area contributed by atoms with Crippen molar-refractivity contribution in [3.63, 3.8) is 0 Å². The van der Waals surface area contributed by atoms with E-state index in [-0.39, 0.29) is 0 Å². The van der Waals surface area contributed by atoms with Gasteiger partial charge in [-0.15, -0.1) is 0 Å². The summed E-state index contributed by atoms with van der Waals surface area (Å²) in [7, 11) is 0.